The molecule has 34 heavy (non-hydrogen) atoms. The van der Waals surface area contributed by atoms with Crippen LogP contribution in [0.2, 0.25) is 0 Å². The Morgan fingerprint density at radius 1 is 1.09 bits per heavy atom. The molecule has 0 heterocycles. The van der Waals surface area contributed by atoms with Crippen LogP contribution in [0.15, 0.2) is 48.5 Å². The summed E-state index contributed by atoms with van der Waals surface area (Å²) in [7, 11) is -3.90. The number of nitrogens with one attached hydrogen (secondary N) is 1. The van der Waals surface area contributed by atoms with Gasteiger partial charge in [-0.25, -0.2) is 12.8 Å². The third kappa shape index (κ3) is 7.55. The van der Waals surface area contributed by atoms with Gasteiger partial charge in [0.25, 0.3) is 0 Å². The van der Waals surface area contributed by atoms with Crippen molar-refractivity contribution >= 4 is 27.5 Å². The molecule has 0 radical (unpaired) electrons. The van der Waals surface area contributed by atoms with Gasteiger partial charge in [0, 0.05) is 13.1 Å². The smallest absolute Gasteiger partial charge is 0.244 e. The summed E-state index contributed by atoms with van der Waals surface area (Å²) in [6.07, 6.45) is 1.31. The molecule has 1 atom stereocenters. The Labute approximate surface area is 202 Å². The van der Waals surface area contributed by atoms with Crippen LogP contribution in [0.4, 0.5) is 10.1 Å². The van der Waals surface area contributed by atoms with E-state index in [9.17, 15) is 22.4 Å². The van der Waals surface area contributed by atoms with Crippen LogP contribution in [0.3, 0.4) is 0 Å². The molecule has 0 fully saturated rings. The summed E-state index contributed by atoms with van der Waals surface area (Å²) in [5, 5.41) is 2.88. The van der Waals surface area contributed by atoms with Gasteiger partial charge in [-0.3, -0.25) is 13.9 Å². The summed E-state index contributed by atoms with van der Waals surface area (Å²) in [4.78, 5) is 28.0. The molecule has 0 aliphatic heterocycles. The van der Waals surface area contributed by atoms with Crippen LogP contribution in [0.25, 0.3) is 0 Å². The number of hydrogen-bond donors (Lipinski definition) is 1. The number of benzene rings is 2. The van der Waals surface area contributed by atoms with E-state index < -0.39 is 34.3 Å². The van der Waals surface area contributed by atoms with Crippen molar-refractivity contribution < 1.29 is 22.4 Å². The fourth-order valence-corrected chi connectivity index (χ4v) is 4.40. The zero-order chi connectivity index (χ0) is 25.5. The minimum absolute atomic E-state index is 0.0454. The highest BCUT2D eigenvalue weighted by atomic mass is 32.2. The van der Waals surface area contributed by atoms with Gasteiger partial charge in [-0.15, -0.1) is 0 Å². The van der Waals surface area contributed by atoms with E-state index in [0.717, 1.165) is 27.8 Å². The molecular weight excluding hydrogens is 457 g/mol. The standard InChI is InChI=1S/C25H34FN3O4S/c1-6-23(25(31)27-15-18(2)3)28(16-20-11-8-7-10-19(20)4)24(30)17-29(34(5,32)33)22-13-9-12-21(26)14-22/h7-14,18,23H,6,15-17H2,1-5H3,(H,27,31)/t23-/m1/s1. The van der Waals surface area contributed by atoms with Crippen LogP contribution in [0.1, 0.15) is 38.3 Å². The van der Waals surface area contributed by atoms with Crippen LogP contribution in [-0.4, -0.2) is 50.5 Å². The number of rotatable bonds is 11. The maximum atomic E-state index is 13.8. The van der Waals surface area contributed by atoms with Gasteiger partial charge >= 0.3 is 0 Å². The van der Waals surface area contributed by atoms with Gasteiger partial charge in [-0.05, 0) is 48.6 Å². The first-order chi connectivity index (χ1) is 15.9. The molecule has 1 N–H and O–H groups in total. The second-order valence-electron chi connectivity index (χ2n) is 8.76. The Bertz CT molecular complexity index is 1100. The number of sulfonamides is 1. The van der Waals surface area contributed by atoms with Crippen molar-refractivity contribution in [3.05, 3.63) is 65.5 Å². The van der Waals surface area contributed by atoms with Gasteiger partial charge < -0.3 is 10.2 Å². The third-order valence-corrected chi connectivity index (χ3v) is 6.59. The van der Waals surface area contributed by atoms with Crippen molar-refractivity contribution in [2.24, 2.45) is 5.92 Å². The van der Waals surface area contributed by atoms with Gasteiger partial charge in [0.15, 0.2) is 0 Å². The van der Waals surface area contributed by atoms with E-state index in [1.807, 2.05) is 45.0 Å². The molecule has 0 spiro atoms. The number of hydrogen-bond acceptors (Lipinski definition) is 4. The lowest BCUT2D eigenvalue weighted by molar-refractivity contribution is -0.140. The number of carbonyl (C=O) groups is 2. The van der Waals surface area contributed by atoms with Crippen LogP contribution < -0.4 is 9.62 Å². The van der Waals surface area contributed by atoms with E-state index >= 15 is 0 Å². The third-order valence-electron chi connectivity index (χ3n) is 5.45. The molecule has 2 aromatic carbocycles. The average Bonchev–Trinajstić information content (AvgIpc) is 2.76. The zero-order valence-electron chi connectivity index (χ0n) is 20.4. The normalized spacial score (nSPS) is 12.3. The highest BCUT2D eigenvalue weighted by Gasteiger charge is 2.32. The van der Waals surface area contributed by atoms with Gasteiger partial charge in [0.05, 0.1) is 11.9 Å². The molecule has 0 aliphatic rings. The first-order valence-corrected chi connectivity index (χ1v) is 13.1. The fourth-order valence-electron chi connectivity index (χ4n) is 3.56. The summed E-state index contributed by atoms with van der Waals surface area (Å²) in [6, 6.07) is 11.8. The van der Waals surface area contributed by atoms with Crippen LogP contribution in [0.5, 0.6) is 0 Å². The quantitative estimate of drug-likeness (QED) is 0.521. The van der Waals surface area contributed by atoms with E-state index in [2.05, 4.69) is 5.32 Å². The van der Waals surface area contributed by atoms with Crippen LogP contribution in [0, 0.1) is 18.7 Å². The number of halogens is 1. The predicted molar refractivity (Wildman–Crippen MR) is 132 cm³/mol. The second kappa shape index (κ2) is 12.0. The van der Waals surface area contributed by atoms with Crippen molar-refractivity contribution in [3.8, 4) is 0 Å². The molecule has 7 nitrogen and oxygen atoms in total. The molecule has 0 unspecified atom stereocenters. The van der Waals surface area contributed by atoms with Crippen molar-refractivity contribution in [2.45, 2.75) is 46.7 Å². The van der Waals surface area contributed by atoms with Gasteiger partial charge in [0.1, 0.15) is 18.4 Å². The summed E-state index contributed by atoms with van der Waals surface area (Å²) < 4.78 is 39.7. The Kier molecular flexibility index (Phi) is 9.61. The first-order valence-electron chi connectivity index (χ1n) is 11.3. The molecule has 2 amide bonds. The summed E-state index contributed by atoms with van der Waals surface area (Å²) in [5.41, 5.74) is 1.84. The molecular formula is C25H34FN3O4S. The Hall–Kier alpha value is -2.94. The molecule has 2 rings (SSSR count). The predicted octanol–water partition coefficient (Wildman–Crippen LogP) is 3.48. The molecule has 0 aliphatic carbocycles. The molecule has 0 saturated heterocycles. The second-order valence-corrected chi connectivity index (χ2v) is 10.7. The van der Waals surface area contributed by atoms with E-state index in [-0.39, 0.29) is 24.1 Å². The molecule has 0 aromatic heterocycles. The fraction of sp³-hybridized carbons (Fsp3) is 0.440. The van der Waals surface area contributed by atoms with E-state index in [1.54, 1.807) is 6.92 Å². The van der Waals surface area contributed by atoms with Crippen molar-refractivity contribution in [1.29, 1.82) is 0 Å². The van der Waals surface area contributed by atoms with Crippen LogP contribution >= 0.6 is 0 Å². The lowest BCUT2D eigenvalue weighted by Crippen LogP contribution is -2.52. The first kappa shape index (κ1) is 27.3. The summed E-state index contributed by atoms with van der Waals surface area (Å²) >= 11 is 0. The van der Waals surface area contributed by atoms with Crippen LogP contribution in [-0.2, 0) is 26.2 Å². The molecule has 9 heteroatoms. The number of aryl methyl sites for hydroxylation is 1. The Morgan fingerprint density at radius 3 is 2.32 bits per heavy atom. The van der Waals surface area contributed by atoms with Crippen molar-refractivity contribution in [2.75, 3.05) is 23.7 Å². The van der Waals surface area contributed by atoms with Gasteiger partial charge in [-0.2, -0.15) is 0 Å². The lowest BCUT2D eigenvalue weighted by Gasteiger charge is -2.33. The number of anilines is 1. The zero-order valence-corrected chi connectivity index (χ0v) is 21.2. The number of carbonyl (C=O) groups excluding carboxylic acids is 2. The highest BCUT2D eigenvalue weighted by molar-refractivity contribution is 7.92. The van der Waals surface area contributed by atoms with E-state index in [0.29, 0.717) is 13.0 Å². The minimum Gasteiger partial charge on any atom is -0.354 e. The highest BCUT2D eigenvalue weighted by Crippen LogP contribution is 2.21. The largest absolute Gasteiger partial charge is 0.354 e. The molecule has 186 valence electrons. The maximum absolute atomic E-state index is 13.8. The summed E-state index contributed by atoms with van der Waals surface area (Å²) in [6.45, 7) is 7.70. The molecule has 2 aromatic rings. The Balaban J connectivity index is 2.43. The minimum atomic E-state index is -3.90. The average molecular weight is 492 g/mol. The van der Waals surface area contributed by atoms with Crippen molar-refractivity contribution in [1.82, 2.24) is 10.2 Å². The number of nitrogens with zero attached hydrogens (tertiary/aromatic N) is 2. The maximum Gasteiger partial charge on any atom is 0.244 e. The van der Waals surface area contributed by atoms with Crippen molar-refractivity contribution in [3.63, 3.8) is 0 Å². The van der Waals surface area contributed by atoms with E-state index in [1.165, 1.54) is 23.1 Å². The van der Waals surface area contributed by atoms with Gasteiger partial charge in [0.2, 0.25) is 21.8 Å². The Morgan fingerprint density at radius 2 is 1.76 bits per heavy atom. The van der Waals surface area contributed by atoms with Gasteiger partial charge in [-0.1, -0.05) is 51.1 Å². The molecule has 0 saturated carbocycles. The SMILES string of the molecule is CC[C@H](C(=O)NCC(C)C)N(Cc1ccccc1C)C(=O)CN(c1cccc(F)c1)S(C)(=O)=O. The number of amides is 2. The summed E-state index contributed by atoms with van der Waals surface area (Å²) in [5.74, 6) is -1.23. The molecule has 0 bridgehead atoms. The topological polar surface area (TPSA) is 86.8 Å². The monoisotopic (exact) mass is 491 g/mol. The van der Waals surface area contributed by atoms with E-state index in [4.69, 9.17) is 0 Å². The lowest BCUT2D eigenvalue weighted by atomic mass is 10.1.